The maximum absolute atomic E-state index is 13.2. The number of rotatable bonds is 2. The number of nitrogens with zero attached hydrogens (tertiary/aromatic N) is 8. The Bertz CT molecular complexity index is 2520. The molecule has 15 heteroatoms. The predicted molar refractivity (Wildman–Crippen MR) is 169 cm³/mol. The molecule has 6 aromatic rings. The van der Waals surface area contributed by atoms with Crippen LogP contribution < -0.4 is 0 Å². The molecule has 0 atom stereocenters. The number of benzene rings is 3. The first-order valence-corrected chi connectivity index (χ1v) is 15.6. The minimum atomic E-state index is -0.585. The van der Waals surface area contributed by atoms with Crippen LogP contribution in [0.4, 0.5) is 0 Å². The molecule has 0 amide bonds. The van der Waals surface area contributed by atoms with Crippen molar-refractivity contribution in [3.05, 3.63) is 89.9 Å². The first kappa shape index (κ1) is 27.9. The smallest absolute Gasteiger partial charge is 0.197 e. The van der Waals surface area contributed by atoms with Gasteiger partial charge in [0, 0.05) is 22.3 Å². The summed E-state index contributed by atoms with van der Waals surface area (Å²) in [4.78, 5) is 62.2. The lowest BCUT2D eigenvalue weighted by molar-refractivity contribution is 0.0975. The fourth-order valence-corrected chi connectivity index (χ4v) is 8.24. The van der Waals surface area contributed by atoms with E-state index in [9.17, 15) is 40.2 Å². The van der Waals surface area contributed by atoms with Gasteiger partial charge in [0.15, 0.2) is 23.1 Å². The van der Waals surface area contributed by atoms with Crippen molar-refractivity contribution in [1.82, 2.24) is 18.7 Å². The van der Waals surface area contributed by atoms with Gasteiger partial charge in [0.1, 0.15) is 56.4 Å². The molecule has 3 aromatic carbocycles. The van der Waals surface area contributed by atoms with Crippen LogP contribution in [0.25, 0.3) is 43.6 Å². The van der Waals surface area contributed by atoms with E-state index in [0.29, 0.717) is 41.5 Å². The molecule has 0 saturated heterocycles. The van der Waals surface area contributed by atoms with Gasteiger partial charge in [-0.15, -0.1) is 22.7 Å². The van der Waals surface area contributed by atoms with Gasteiger partial charge in [-0.25, -0.2) is 9.97 Å². The van der Waals surface area contributed by atoms with E-state index >= 15 is 0 Å². The molecule has 12 nitrogen and oxygen atoms in total. The summed E-state index contributed by atoms with van der Waals surface area (Å²) >= 11 is 3.30. The molecule has 2 aliphatic rings. The van der Waals surface area contributed by atoms with Gasteiger partial charge in [0.25, 0.3) is 0 Å². The maximum Gasteiger partial charge on any atom is 0.197 e. The number of hydrogen-bond donors (Lipinski definition) is 0. The molecular formula is C32H6N8O4S3. The van der Waals surface area contributed by atoms with Crippen LogP contribution in [0.5, 0.6) is 0 Å². The van der Waals surface area contributed by atoms with Crippen LogP contribution in [0, 0.1) is 45.3 Å². The highest BCUT2D eigenvalue weighted by atomic mass is 32.1. The molecule has 47 heavy (non-hydrogen) atoms. The Morgan fingerprint density at radius 2 is 0.830 bits per heavy atom. The van der Waals surface area contributed by atoms with E-state index in [-0.39, 0.29) is 55.7 Å². The molecule has 0 unspecified atom stereocenters. The maximum atomic E-state index is 13.2. The van der Waals surface area contributed by atoms with E-state index in [1.54, 1.807) is 0 Å². The molecule has 0 spiro atoms. The Hall–Kier alpha value is -6.62. The number of hydrogen-bond acceptors (Lipinski definition) is 15. The van der Waals surface area contributed by atoms with Gasteiger partial charge in [-0.1, -0.05) is 0 Å². The molecule has 0 N–H and O–H groups in total. The quantitative estimate of drug-likeness (QED) is 0.170. The fraction of sp³-hybridized carbons (Fsp3) is 0. The number of allylic oxidation sites excluding steroid dienone is 2. The van der Waals surface area contributed by atoms with Gasteiger partial charge in [-0.2, -0.15) is 29.8 Å². The Morgan fingerprint density at radius 3 is 1.13 bits per heavy atom. The number of carbonyl (C=O) groups excluding carboxylic acids is 4. The number of ketones is 4. The SMILES string of the molecule is N#Cc1cc2c(cc1C#N)C(=O)C(=Cc1nc3c4nsnc4c4nc(C=C5C(=O)c6cc(C#N)c(C#N)cc6C5=O)sc4c3s1)C2=O. The van der Waals surface area contributed by atoms with E-state index < -0.39 is 23.1 Å². The largest absolute Gasteiger partial charge is 0.288 e. The average molecular weight is 663 g/mol. The summed E-state index contributed by atoms with van der Waals surface area (Å²) in [6.07, 6.45) is 2.74. The van der Waals surface area contributed by atoms with Gasteiger partial charge in [0.05, 0.1) is 54.5 Å². The molecule has 0 saturated carbocycles. The lowest BCUT2D eigenvalue weighted by Crippen LogP contribution is -2.00. The molecule has 0 fully saturated rings. The third-order valence-corrected chi connectivity index (χ3v) is 10.4. The van der Waals surface area contributed by atoms with E-state index in [1.165, 1.54) is 59.1 Å². The van der Waals surface area contributed by atoms with Crippen molar-refractivity contribution >= 4 is 101 Å². The van der Waals surface area contributed by atoms with Crippen LogP contribution in [0.1, 0.15) is 73.7 Å². The highest BCUT2D eigenvalue weighted by molar-refractivity contribution is 7.27. The minimum Gasteiger partial charge on any atom is -0.288 e. The topological polar surface area (TPSA) is 215 Å². The lowest BCUT2D eigenvalue weighted by Gasteiger charge is -1.98. The van der Waals surface area contributed by atoms with Crippen molar-refractivity contribution in [1.29, 1.82) is 21.0 Å². The van der Waals surface area contributed by atoms with E-state index in [4.69, 9.17) is 0 Å². The number of thiazole rings is 2. The van der Waals surface area contributed by atoms with E-state index in [2.05, 4.69) is 18.7 Å². The van der Waals surface area contributed by atoms with Crippen molar-refractivity contribution in [2.24, 2.45) is 0 Å². The summed E-state index contributed by atoms with van der Waals surface area (Å²) in [5.74, 6) is -2.34. The van der Waals surface area contributed by atoms with Crippen LogP contribution in [0.2, 0.25) is 0 Å². The standard InChI is InChI=1S/C32H6N8O4S3/c33-7-11-1-15-16(2-12(11)8-34)28(42)19(27(15)41)5-21-37-25-23-24(40-47-39-23)26-32(31(25)45-21)46-22(38-26)6-20-29(43)17-3-13(9-35)14(10-36)4-18(17)30(20)44/h1-6H. The molecule has 216 valence electrons. The molecular weight excluding hydrogens is 657 g/mol. The van der Waals surface area contributed by atoms with Crippen molar-refractivity contribution in [2.75, 3.05) is 0 Å². The van der Waals surface area contributed by atoms with Crippen LogP contribution in [0.3, 0.4) is 0 Å². The molecule has 0 bridgehead atoms. The second-order valence-electron chi connectivity index (χ2n) is 10.2. The third-order valence-electron chi connectivity index (χ3n) is 7.72. The van der Waals surface area contributed by atoms with Crippen LogP contribution in [-0.2, 0) is 0 Å². The predicted octanol–water partition coefficient (Wildman–Crippen LogP) is 5.32. The Labute approximate surface area is 273 Å². The Balaban J connectivity index is 1.25. The zero-order valence-corrected chi connectivity index (χ0v) is 25.3. The Kier molecular flexibility index (Phi) is 5.90. The summed E-state index contributed by atoms with van der Waals surface area (Å²) in [5, 5.41) is 38.1. The first-order valence-electron chi connectivity index (χ1n) is 13.2. The first-order chi connectivity index (χ1) is 22.8. The van der Waals surface area contributed by atoms with Crippen molar-refractivity contribution < 1.29 is 19.2 Å². The Morgan fingerprint density at radius 1 is 0.511 bits per heavy atom. The van der Waals surface area contributed by atoms with E-state index in [1.807, 2.05) is 24.3 Å². The number of aromatic nitrogens is 4. The fourth-order valence-electron chi connectivity index (χ4n) is 5.54. The van der Waals surface area contributed by atoms with Crippen LogP contribution in [-0.4, -0.2) is 41.8 Å². The second kappa shape index (κ2) is 9.94. The average Bonchev–Trinajstić information content (AvgIpc) is 3.90. The zero-order valence-electron chi connectivity index (χ0n) is 22.9. The summed E-state index contributed by atoms with van der Waals surface area (Å²) in [5.41, 5.74) is 1.63. The minimum absolute atomic E-state index is 0.00542. The molecule has 3 heterocycles. The van der Waals surface area contributed by atoms with Gasteiger partial charge in [-0.3, -0.25) is 19.2 Å². The van der Waals surface area contributed by atoms with Gasteiger partial charge in [-0.05, 0) is 36.4 Å². The monoisotopic (exact) mass is 662 g/mol. The van der Waals surface area contributed by atoms with Crippen LogP contribution >= 0.6 is 34.4 Å². The molecule has 0 radical (unpaired) electrons. The molecule has 3 aromatic heterocycles. The molecule has 0 aliphatic heterocycles. The van der Waals surface area contributed by atoms with Crippen molar-refractivity contribution in [3.8, 4) is 24.3 Å². The number of fused-ring (bicyclic) bond motifs is 8. The lowest BCUT2D eigenvalue weighted by atomic mass is 10.0. The summed E-state index contributed by atoms with van der Waals surface area (Å²) in [7, 11) is 0. The normalized spacial score (nSPS) is 13.5. The number of Topliss-reactive ketones (excluding diaryl/α,β-unsaturated/α-hetero) is 4. The molecule has 8 rings (SSSR count). The summed E-state index contributed by atoms with van der Waals surface area (Å²) in [6.45, 7) is 0. The third kappa shape index (κ3) is 3.86. The van der Waals surface area contributed by atoms with Crippen LogP contribution in [0.15, 0.2) is 35.4 Å². The summed E-state index contributed by atoms with van der Waals surface area (Å²) in [6, 6.07) is 12.5. The molecule has 2 aliphatic carbocycles. The van der Waals surface area contributed by atoms with Crippen molar-refractivity contribution in [3.63, 3.8) is 0 Å². The van der Waals surface area contributed by atoms with Gasteiger partial charge in [0.2, 0.25) is 0 Å². The zero-order chi connectivity index (χ0) is 32.7. The highest BCUT2D eigenvalue weighted by Gasteiger charge is 2.36. The summed E-state index contributed by atoms with van der Waals surface area (Å²) < 4.78 is 10.0. The van der Waals surface area contributed by atoms with Crippen molar-refractivity contribution in [2.45, 2.75) is 0 Å². The van der Waals surface area contributed by atoms with Gasteiger partial charge >= 0.3 is 0 Å². The number of carbonyl (C=O) groups is 4. The van der Waals surface area contributed by atoms with E-state index in [0.717, 1.165) is 11.7 Å². The highest BCUT2D eigenvalue weighted by Crippen LogP contribution is 2.42. The van der Waals surface area contributed by atoms with Gasteiger partial charge < -0.3 is 0 Å². The second-order valence-corrected chi connectivity index (χ2v) is 12.8. The number of nitriles is 4.